The minimum atomic E-state index is -1.30. The minimum Gasteiger partial charge on any atom is -0.388 e. The molecule has 188 valence electrons. The third kappa shape index (κ3) is 4.53. The van der Waals surface area contributed by atoms with Crippen LogP contribution in [0.15, 0.2) is 42.5 Å². The van der Waals surface area contributed by atoms with Crippen molar-refractivity contribution in [3.05, 3.63) is 42.5 Å². The molecule has 0 aliphatic carbocycles. The number of rotatable bonds is 4. The van der Waals surface area contributed by atoms with Gasteiger partial charge < -0.3 is 50.7 Å². The number of anilines is 2. The topological polar surface area (TPSA) is 168 Å². The highest BCUT2D eigenvalue weighted by atomic mass is 16.5. The molecule has 3 aromatic rings. The van der Waals surface area contributed by atoms with Crippen molar-refractivity contribution in [2.24, 2.45) is 7.05 Å². The summed E-state index contributed by atoms with van der Waals surface area (Å²) in [5.74, 6) is 0. The molecule has 8 N–H and O–H groups in total. The second-order valence-corrected chi connectivity index (χ2v) is 9.14. The minimum absolute atomic E-state index is 0.0902. The molecule has 0 bridgehead atoms. The monoisotopic (exact) mass is 488 g/mol. The lowest BCUT2D eigenvalue weighted by Gasteiger charge is -2.36. The van der Waals surface area contributed by atoms with Gasteiger partial charge in [0.2, 0.25) is 11.0 Å². The van der Waals surface area contributed by atoms with E-state index in [0.29, 0.717) is 11.4 Å². The zero-order chi connectivity index (χ0) is 24.9. The van der Waals surface area contributed by atoms with E-state index in [1.165, 1.54) is 0 Å². The number of nitrogens with zero attached hydrogens (tertiary/aromatic N) is 1. The molecule has 11 heteroatoms. The molecule has 3 heterocycles. The Labute approximate surface area is 200 Å². The Morgan fingerprint density at radius 3 is 1.51 bits per heavy atom. The summed E-state index contributed by atoms with van der Waals surface area (Å²) in [6.45, 7) is -0.180. The van der Waals surface area contributed by atoms with Crippen LogP contribution in [0.4, 0.5) is 11.4 Å². The van der Waals surface area contributed by atoms with Crippen LogP contribution >= 0.6 is 0 Å². The van der Waals surface area contributed by atoms with Crippen LogP contribution in [0.2, 0.25) is 0 Å². The fraction of sp³-hybridized carbons (Fsp3) is 0.458. The summed E-state index contributed by atoms with van der Waals surface area (Å²) in [6, 6.07) is 13.4. The lowest BCUT2D eigenvalue weighted by Crippen LogP contribution is -2.55. The number of aryl methyl sites for hydroxylation is 1. The molecule has 2 saturated heterocycles. The standard InChI is InChI=1S/C24H29N3O8/c1-27-15-7-13(25-23-21(32)19(30)17(28)9-34-23)4-2-11(15)6-12-3-5-14(8-16(12)27)26-24-22(33)20(31)18(29)10-35-24/h2-8,17-24,28-33H,9-10H2,1H3,(H,25,26)/p+1/t17-,18-,19-,20-,21-,22-,23?,24?/m1/s1. The number of aromatic nitrogens is 1. The number of pyridine rings is 1. The molecule has 2 aliphatic rings. The molecule has 2 aliphatic heterocycles. The number of ether oxygens (including phenoxy) is 2. The second-order valence-electron chi connectivity index (χ2n) is 9.14. The van der Waals surface area contributed by atoms with Gasteiger partial charge in [-0.25, -0.2) is 0 Å². The van der Waals surface area contributed by atoms with E-state index in [9.17, 15) is 30.6 Å². The third-order valence-corrected chi connectivity index (χ3v) is 6.71. The summed E-state index contributed by atoms with van der Waals surface area (Å²) >= 11 is 0. The van der Waals surface area contributed by atoms with E-state index >= 15 is 0 Å². The van der Waals surface area contributed by atoms with E-state index in [0.717, 1.165) is 21.8 Å². The van der Waals surface area contributed by atoms with Gasteiger partial charge in [-0.15, -0.1) is 0 Å². The Morgan fingerprint density at radius 2 is 1.09 bits per heavy atom. The lowest BCUT2D eigenvalue weighted by molar-refractivity contribution is -0.617. The van der Waals surface area contributed by atoms with Gasteiger partial charge in [-0.3, -0.25) is 0 Å². The predicted octanol–water partition coefficient (Wildman–Crippen LogP) is -1.48. The number of aliphatic hydroxyl groups is 6. The first-order valence-corrected chi connectivity index (χ1v) is 11.4. The van der Waals surface area contributed by atoms with E-state index in [1.54, 1.807) is 0 Å². The highest BCUT2D eigenvalue weighted by Gasteiger charge is 2.38. The van der Waals surface area contributed by atoms with Crippen molar-refractivity contribution in [2.45, 2.75) is 49.1 Å². The molecule has 2 unspecified atom stereocenters. The maximum Gasteiger partial charge on any atom is 0.214 e. The van der Waals surface area contributed by atoms with Gasteiger partial charge in [0.25, 0.3) is 0 Å². The number of nitrogens with one attached hydrogen (secondary N) is 2. The Hall–Kier alpha value is -2.61. The maximum atomic E-state index is 10.2. The summed E-state index contributed by atoms with van der Waals surface area (Å²) in [5, 5.41) is 67.7. The van der Waals surface area contributed by atoms with Gasteiger partial charge >= 0.3 is 0 Å². The first kappa shape index (κ1) is 24.1. The van der Waals surface area contributed by atoms with Crippen molar-refractivity contribution in [3.63, 3.8) is 0 Å². The van der Waals surface area contributed by atoms with Crippen LogP contribution in [0.5, 0.6) is 0 Å². The molecule has 2 aromatic carbocycles. The van der Waals surface area contributed by atoms with E-state index in [4.69, 9.17) is 9.47 Å². The zero-order valence-electron chi connectivity index (χ0n) is 19.0. The summed E-state index contributed by atoms with van der Waals surface area (Å²) in [5.41, 5.74) is 3.11. The number of hydrogen-bond donors (Lipinski definition) is 8. The van der Waals surface area contributed by atoms with Gasteiger partial charge in [0.15, 0.2) is 12.5 Å². The Bertz CT molecular complexity index is 1140. The predicted molar refractivity (Wildman–Crippen MR) is 125 cm³/mol. The quantitative estimate of drug-likeness (QED) is 0.160. The Balaban J connectivity index is 1.42. The van der Waals surface area contributed by atoms with E-state index in [-0.39, 0.29) is 13.2 Å². The van der Waals surface area contributed by atoms with Gasteiger partial charge in [0.05, 0.1) is 13.2 Å². The molecule has 35 heavy (non-hydrogen) atoms. The average molecular weight is 489 g/mol. The van der Waals surface area contributed by atoms with Gasteiger partial charge in [0.1, 0.15) is 43.7 Å². The highest BCUT2D eigenvalue weighted by molar-refractivity contribution is 5.91. The summed E-state index contributed by atoms with van der Waals surface area (Å²) < 4.78 is 12.9. The van der Waals surface area contributed by atoms with Crippen LogP contribution in [-0.2, 0) is 16.5 Å². The fourth-order valence-electron chi connectivity index (χ4n) is 4.58. The van der Waals surface area contributed by atoms with E-state index in [2.05, 4.69) is 10.6 Å². The largest absolute Gasteiger partial charge is 0.388 e. The number of benzene rings is 2. The van der Waals surface area contributed by atoms with Crippen molar-refractivity contribution < 1.29 is 44.7 Å². The Kier molecular flexibility index (Phi) is 6.51. The number of hydrogen-bond acceptors (Lipinski definition) is 10. The molecule has 8 atom stereocenters. The maximum absolute atomic E-state index is 10.2. The number of aliphatic hydroxyl groups excluding tert-OH is 6. The molecule has 11 nitrogen and oxygen atoms in total. The summed E-state index contributed by atoms with van der Waals surface area (Å²) in [7, 11) is 1.91. The average Bonchev–Trinajstić information content (AvgIpc) is 2.85. The Morgan fingerprint density at radius 1 is 0.657 bits per heavy atom. The second kappa shape index (κ2) is 9.45. The van der Waals surface area contributed by atoms with Crippen LogP contribution in [0.25, 0.3) is 21.8 Å². The normalized spacial score (nSPS) is 33.7. The van der Waals surface area contributed by atoms with Crippen molar-refractivity contribution in [3.8, 4) is 0 Å². The first-order chi connectivity index (χ1) is 16.7. The number of fused-ring (bicyclic) bond motifs is 2. The van der Waals surface area contributed by atoms with Crippen LogP contribution < -0.4 is 15.2 Å². The van der Waals surface area contributed by atoms with Gasteiger partial charge in [-0.05, 0) is 30.3 Å². The van der Waals surface area contributed by atoms with Crippen LogP contribution in [0, 0.1) is 0 Å². The smallest absolute Gasteiger partial charge is 0.214 e. The summed E-state index contributed by atoms with van der Waals surface area (Å²) in [4.78, 5) is 0. The molecule has 0 amide bonds. The molecular weight excluding hydrogens is 458 g/mol. The van der Waals surface area contributed by atoms with Crippen molar-refractivity contribution in [1.29, 1.82) is 0 Å². The van der Waals surface area contributed by atoms with Gasteiger partial charge in [0, 0.05) is 34.3 Å². The highest BCUT2D eigenvalue weighted by Crippen LogP contribution is 2.26. The van der Waals surface area contributed by atoms with Gasteiger partial charge in [-0.1, -0.05) is 0 Å². The lowest BCUT2D eigenvalue weighted by atomic mass is 10.0. The molecule has 0 radical (unpaired) electrons. The van der Waals surface area contributed by atoms with E-state index in [1.807, 2.05) is 54.1 Å². The first-order valence-electron chi connectivity index (χ1n) is 11.4. The van der Waals surface area contributed by atoms with Gasteiger partial charge in [-0.2, -0.15) is 4.57 Å². The third-order valence-electron chi connectivity index (χ3n) is 6.71. The molecule has 0 saturated carbocycles. The van der Waals surface area contributed by atoms with Crippen LogP contribution in [0.1, 0.15) is 0 Å². The fourth-order valence-corrected chi connectivity index (χ4v) is 4.58. The van der Waals surface area contributed by atoms with Crippen molar-refractivity contribution >= 4 is 33.2 Å². The zero-order valence-corrected chi connectivity index (χ0v) is 19.0. The molecule has 1 aromatic heterocycles. The SMILES string of the molecule is C[n+]1c2cc(NC3OC[C@@H](O)[C@@H](O)[C@H]3O)ccc2cc2ccc(NC3OC[C@@H](O)[C@@H](O)[C@H]3O)cc21. The molecule has 5 rings (SSSR count). The van der Waals surface area contributed by atoms with Crippen LogP contribution in [0.3, 0.4) is 0 Å². The van der Waals surface area contributed by atoms with Crippen molar-refractivity contribution in [1.82, 2.24) is 0 Å². The molecule has 2 fully saturated rings. The molecule has 0 spiro atoms. The van der Waals surface area contributed by atoms with E-state index < -0.39 is 49.1 Å². The molecular formula is C24H30N3O8+. The summed E-state index contributed by atoms with van der Waals surface area (Å²) in [6.07, 6.45) is -9.20. The van der Waals surface area contributed by atoms with Crippen molar-refractivity contribution in [2.75, 3.05) is 23.8 Å². The van der Waals surface area contributed by atoms with Crippen LogP contribution in [-0.4, -0.2) is 92.9 Å².